The zero-order chi connectivity index (χ0) is 11.5. The Morgan fingerprint density at radius 3 is 2.69 bits per heavy atom. The largest absolute Gasteiger partial charge is 0.312 e. The summed E-state index contributed by atoms with van der Waals surface area (Å²) in [6, 6.07) is 0.453. The number of hydrogen-bond donors (Lipinski definition) is 1. The molecule has 3 heteroatoms. The van der Waals surface area contributed by atoms with E-state index < -0.39 is 0 Å². The van der Waals surface area contributed by atoms with E-state index in [9.17, 15) is 0 Å². The summed E-state index contributed by atoms with van der Waals surface area (Å²) in [5.74, 6) is 0.899. The van der Waals surface area contributed by atoms with Gasteiger partial charge in [-0.05, 0) is 37.3 Å². The lowest BCUT2D eigenvalue weighted by Crippen LogP contribution is -2.18. The van der Waals surface area contributed by atoms with Gasteiger partial charge < -0.3 is 5.32 Å². The fraction of sp³-hybridized carbons (Fsp3) is 0.692. The standard InChI is InChI=1S/C13H20ClNS/c1-9-8-16-13(12(9)14)11(15-2)7-10-5-3-4-6-10/h8,10-11,15H,3-7H2,1-2H3. The summed E-state index contributed by atoms with van der Waals surface area (Å²) in [6.45, 7) is 2.09. The van der Waals surface area contributed by atoms with E-state index in [-0.39, 0.29) is 0 Å². The molecule has 1 aliphatic rings. The van der Waals surface area contributed by atoms with E-state index in [2.05, 4.69) is 17.6 Å². The highest BCUT2D eigenvalue weighted by atomic mass is 35.5. The Bertz CT molecular complexity index is 342. The molecule has 1 fully saturated rings. The van der Waals surface area contributed by atoms with Gasteiger partial charge >= 0.3 is 0 Å². The number of nitrogens with one attached hydrogen (secondary N) is 1. The number of thiophene rings is 1. The number of aryl methyl sites for hydroxylation is 1. The van der Waals surface area contributed by atoms with Crippen molar-refractivity contribution < 1.29 is 0 Å². The van der Waals surface area contributed by atoms with Crippen LogP contribution in [0.25, 0.3) is 0 Å². The van der Waals surface area contributed by atoms with E-state index >= 15 is 0 Å². The van der Waals surface area contributed by atoms with Gasteiger partial charge in [-0.15, -0.1) is 11.3 Å². The molecule has 0 saturated heterocycles. The molecule has 16 heavy (non-hydrogen) atoms. The number of hydrogen-bond acceptors (Lipinski definition) is 2. The smallest absolute Gasteiger partial charge is 0.0590 e. The van der Waals surface area contributed by atoms with E-state index in [0.29, 0.717) is 6.04 Å². The minimum atomic E-state index is 0.453. The van der Waals surface area contributed by atoms with Crippen molar-refractivity contribution in [2.75, 3.05) is 7.05 Å². The number of rotatable bonds is 4. The van der Waals surface area contributed by atoms with Crippen LogP contribution in [-0.2, 0) is 0 Å². The zero-order valence-electron chi connectivity index (χ0n) is 10.1. The average Bonchev–Trinajstić information content (AvgIpc) is 2.88. The van der Waals surface area contributed by atoms with Crippen molar-refractivity contribution in [2.45, 2.75) is 45.1 Å². The van der Waals surface area contributed by atoms with Gasteiger partial charge in [0.25, 0.3) is 0 Å². The van der Waals surface area contributed by atoms with Crippen molar-refractivity contribution in [2.24, 2.45) is 5.92 Å². The van der Waals surface area contributed by atoms with E-state index in [1.807, 2.05) is 7.05 Å². The van der Waals surface area contributed by atoms with Crippen molar-refractivity contribution >= 4 is 22.9 Å². The molecular formula is C13H20ClNS. The van der Waals surface area contributed by atoms with Gasteiger partial charge in [0.05, 0.1) is 5.02 Å². The Hall–Kier alpha value is -0.0500. The van der Waals surface area contributed by atoms with Crippen molar-refractivity contribution in [3.63, 3.8) is 0 Å². The molecule has 0 aromatic carbocycles. The lowest BCUT2D eigenvalue weighted by Gasteiger charge is -2.19. The lowest BCUT2D eigenvalue weighted by atomic mass is 9.97. The van der Waals surface area contributed by atoms with Crippen LogP contribution in [0.2, 0.25) is 5.02 Å². The second-order valence-corrected chi connectivity index (χ2v) is 6.11. The van der Waals surface area contributed by atoms with Crippen LogP contribution in [0.5, 0.6) is 0 Å². The predicted octanol–water partition coefficient (Wildman–Crippen LogP) is 4.55. The normalized spacial score (nSPS) is 19.2. The van der Waals surface area contributed by atoms with Gasteiger partial charge in [0.15, 0.2) is 0 Å². The van der Waals surface area contributed by atoms with Crippen LogP contribution in [0.3, 0.4) is 0 Å². The van der Waals surface area contributed by atoms with Crippen LogP contribution < -0.4 is 5.32 Å². The third kappa shape index (κ3) is 2.61. The second-order valence-electron chi connectivity index (χ2n) is 4.82. The SMILES string of the molecule is CNC(CC1CCCC1)c1scc(C)c1Cl. The first-order valence-corrected chi connectivity index (χ1v) is 7.39. The van der Waals surface area contributed by atoms with Gasteiger partial charge in [0.2, 0.25) is 0 Å². The maximum atomic E-state index is 6.34. The highest BCUT2D eigenvalue weighted by Gasteiger charge is 2.23. The summed E-state index contributed by atoms with van der Waals surface area (Å²) in [4.78, 5) is 1.33. The van der Waals surface area contributed by atoms with Gasteiger partial charge in [0.1, 0.15) is 0 Å². The van der Waals surface area contributed by atoms with Crippen LogP contribution in [0, 0.1) is 12.8 Å². The molecular weight excluding hydrogens is 238 g/mol. The van der Waals surface area contributed by atoms with Crippen molar-refractivity contribution in [1.29, 1.82) is 0 Å². The molecule has 0 bridgehead atoms. The highest BCUT2D eigenvalue weighted by Crippen LogP contribution is 2.38. The summed E-state index contributed by atoms with van der Waals surface area (Å²) in [6.07, 6.45) is 6.88. The molecule has 0 spiro atoms. The molecule has 1 nitrogen and oxygen atoms in total. The molecule has 1 N–H and O–H groups in total. The topological polar surface area (TPSA) is 12.0 Å². The fourth-order valence-corrected chi connectivity index (χ4v) is 4.07. The molecule has 1 heterocycles. The molecule has 1 aromatic heterocycles. The summed E-state index contributed by atoms with van der Waals surface area (Å²) in [7, 11) is 2.05. The van der Waals surface area contributed by atoms with Crippen molar-refractivity contribution in [1.82, 2.24) is 5.32 Å². The predicted molar refractivity (Wildman–Crippen MR) is 72.4 cm³/mol. The molecule has 1 atom stereocenters. The quantitative estimate of drug-likeness (QED) is 0.834. The molecule has 1 saturated carbocycles. The molecule has 1 aliphatic carbocycles. The van der Waals surface area contributed by atoms with Crippen LogP contribution in [0.4, 0.5) is 0 Å². The third-order valence-corrected chi connectivity index (χ3v) is 5.46. The van der Waals surface area contributed by atoms with Gasteiger partial charge in [-0.1, -0.05) is 37.3 Å². The van der Waals surface area contributed by atoms with Gasteiger partial charge in [-0.3, -0.25) is 0 Å². The van der Waals surface area contributed by atoms with Gasteiger partial charge in [-0.2, -0.15) is 0 Å². The van der Waals surface area contributed by atoms with E-state index in [1.165, 1.54) is 42.5 Å². The summed E-state index contributed by atoms with van der Waals surface area (Å²) >= 11 is 8.14. The summed E-state index contributed by atoms with van der Waals surface area (Å²) in [5, 5.41) is 6.56. The minimum Gasteiger partial charge on any atom is -0.312 e. The lowest BCUT2D eigenvalue weighted by molar-refractivity contribution is 0.417. The molecule has 0 radical (unpaired) electrons. The minimum absolute atomic E-state index is 0.453. The first-order chi connectivity index (χ1) is 7.72. The van der Waals surface area contributed by atoms with Gasteiger partial charge in [-0.25, -0.2) is 0 Å². The average molecular weight is 258 g/mol. The monoisotopic (exact) mass is 257 g/mol. The Labute approximate surface area is 107 Å². The Morgan fingerprint density at radius 1 is 1.50 bits per heavy atom. The highest BCUT2D eigenvalue weighted by molar-refractivity contribution is 7.10. The third-order valence-electron chi connectivity index (χ3n) is 3.63. The van der Waals surface area contributed by atoms with E-state index in [0.717, 1.165) is 10.9 Å². The zero-order valence-corrected chi connectivity index (χ0v) is 11.6. The van der Waals surface area contributed by atoms with Crippen LogP contribution in [0.1, 0.15) is 48.6 Å². The van der Waals surface area contributed by atoms with E-state index in [1.54, 1.807) is 11.3 Å². The van der Waals surface area contributed by atoms with Crippen LogP contribution in [0.15, 0.2) is 5.38 Å². The van der Waals surface area contributed by atoms with E-state index in [4.69, 9.17) is 11.6 Å². The summed E-state index contributed by atoms with van der Waals surface area (Å²) in [5.41, 5.74) is 1.22. The van der Waals surface area contributed by atoms with Crippen LogP contribution >= 0.6 is 22.9 Å². The van der Waals surface area contributed by atoms with Gasteiger partial charge in [0, 0.05) is 10.9 Å². The van der Waals surface area contributed by atoms with Crippen molar-refractivity contribution in [3.8, 4) is 0 Å². The summed E-state index contributed by atoms with van der Waals surface area (Å²) < 4.78 is 0. The molecule has 1 aromatic rings. The number of halogens is 1. The molecule has 0 aliphatic heterocycles. The molecule has 90 valence electrons. The maximum Gasteiger partial charge on any atom is 0.0590 e. The maximum absolute atomic E-state index is 6.34. The molecule has 0 amide bonds. The van der Waals surface area contributed by atoms with Crippen molar-refractivity contribution in [3.05, 3.63) is 20.8 Å². The first-order valence-electron chi connectivity index (χ1n) is 6.13. The Morgan fingerprint density at radius 2 is 2.19 bits per heavy atom. The Kier molecular flexibility index (Phi) is 4.28. The fourth-order valence-electron chi connectivity index (χ4n) is 2.62. The second kappa shape index (κ2) is 5.52. The molecule has 1 unspecified atom stereocenters. The Balaban J connectivity index is 2.06. The van der Waals surface area contributed by atoms with Crippen LogP contribution in [-0.4, -0.2) is 7.05 Å². The first kappa shape index (κ1) is 12.4. The molecule has 2 rings (SSSR count).